The Bertz CT molecular complexity index is 1050. The smallest absolute Gasteiger partial charge is 0.248 e. The summed E-state index contributed by atoms with van der Waals surface area (Å²) in [5, 5.41) is 2.87. The molecule has 1 N–H and O–H groups in total. The Morgan fingerprint density at radius 1 is 0.903 bits per heavy atom. The molecular formula is C26H27NO4. The molecule has 0 saturated carbocycles. The Labute approximate surface area is 183 Å². The molecule has 3 rings (SSSR count). The van der Waals surface area contributed by atoms with Crippen LogP contribution in [0.5, 0.6) is 17.2 Å². The van der Waals surface area contributed by atoms with Crippen molar-refractivity contribution in [3.8, 4) is 17.2 Å². The molecule has 31 heavy (non-hydrogen) atoms. The minimum absolute atomic E-state index is 0.217. The van der Waals surface area contributed by atoms with Crippen LogP contribution >= 0.6 is 0 Å². The Morgan fingerprint density at radius 2 is 1.58 bits per heavy atom. The van der Waals surface area contributed by atoms with Gasteiger partial charge in [-0.25, -0.2) is 0 Å². The van der Waals surface area contributed by atoms with E-state index in [4.69, 9.17) is 14.2 Å². The van der Waals surface area contributed by atoms with E-state index in [0.717, 1.165) is 22.4 Å². The van der Waals surface area contributed by atoms with Gasteiger partial charge in [0.1, 0.15) is 6.61 Å². The first-order valence-electron chi connectivity index (χ1n) is 9.99. The van der Waals surface area contributed by atoms with Crippen LogP contribution in [0.2, 0.25) is 0 Å². The summed E-state index contributed by atoms with van der Waals surface area (Å²) >= 11 is 0. The largest absolute Gasteiger partial charge is 0.493 e. The van der Waals surface area contributed by atoms with Crippen LogP contribution in [0.1, 0.15) is 22.3 Å². The average molecular weight is 418 g/mol. The number of ether oxygens (including phenoxy) is 3. The highest BCUT2D eigenvalue weighted by Gasteiger charge is 2.14. The summed E-state index contributed by atoms with van der Waals surface area (Å²) in [6, 6.07) is 19.3. The van der Waals surface area contributed by atoms with Crippen molar-refractivity contribution in [2.45, 2.75) is 20.5 Å². The third-order valence-electron chi connectivity index (χ3n) is 4.91. The van der Waals surface area contributed by atoms with Gasteiger partial charge < -0.3 is 19.5 Å². The Morgan fingerprint density at radius 3 is 2.19 bits per heavy atom. The van der Waals surface area contributed by atoms with Crippen molar-refractivity contribution in [2.75, 3.05) is 19.5 Å². The fourth-order valence-electron chi connectivity index (χ4n) is 3.04. The molecule has 0 radical (unpaired) electrons. The van der Waals surface area contributed by atoms with E-state index in [1.165, 1.54) is 11.6 Å². The van der Waals surface area contributed by atoms with Crippen LogP contribution in [-0.4, -0.2) is 20.1 Å². The van der Waals surface area contributed by atoms with Crippen LogP contribution in [0.25, 0.3) is 6.08 Å². The second kappa shape index (κ2) is 10.3. The van der Waals surface area contributed by atoms with Crippen LogP contribution < -0.4 is 19.5 Å². The number of hydrogen-bond acceptors (Lipinski definition) is 4. The first kappa shape index (κ1) is 22.0. The molecule has 0 fully saturated rings. The van der Waals surface area contributed by atoms with Crippen LogP contribution in [0, 0.1) is 13.8 Å². The number of anilines is 1. The topological polar surface area (TPSA) is 56.8 Å². The third-order valence-corrected chi connectivity index (χ3v) is 4.91. The van der Waals surface area contributed by atoms with Crippen LogP contribution in [-0.2, 0) is 11.4 Å². The van der Waals surface area contributed by atoms with E-state index in [-0.39, 0.29) is 5.91 Å². The zero-order valence-corrected chi connectivity index (χ0v) is 18.3. The first-order chi connectivity index (χ1) is 15.0. The minimum Gasteiger partial charge on any atom is -0.493 e. The molecule has 0 aliphatic carbocycles. The van der Waals surface area contributed by atoms with Gasteiger partial charge >= 0.3 is 0 Å². The lowest BCUT2D eigenvalue weighted by Crippen LogP contribution is -2.08. The number of carbonyl (C=O) groups excluding carboxylic acids is 1. The fraction of sp³-hybridized carbons (Fsp3) is 0.192. The average Bonchev–Trinajstić information content (AvgIpc) is 2.79. The van der Waals surface area contributed by atoms with Gasteiger partial charge in [-0.2, -0.15) is 0 Å². The molecular weight excluding hydrogens is 390 g/mol. The summed E-state index contributed by atoms with van der Waals surface area (Å²) in [6.45, 7) is 4.44. The number of rotatable bonds is 8. The molecule has 160 valence electrons. The van der Waals surface area contributed by atoms with E-state index in [1.54, 1.807) is 20.3 Å². The van der Waals surface area contributed by atoms with E-state index in [1.807, 2.05) is 74.5 Å². The summed E-state index contributed by atoms with van der Waals surface area (Å²) in [5.74, 6) is 1.37. The van der Waals surface area contributed by atoms with Crippen molar-refractivity contribution in [3.63, 3.8) is 0 Å². The number of benzene rings is 3. The maximum Gasteiger partial charge on any atom is 0.248 e. The van der Waals surface area contributed by atoms with E-state index in [2.05, 4.69) is 5.32 Å². The van der Waals surface area contributed by atoms with Crippen molar-refractivity contribution in [1.29, 1.82) is 0 Å². The molecule has 0 bridgehead atoms. The van der Waals surface area contributed by atoms with Gasteiger partial charge in [0, 0.05) is 11.8 Å². The normalized spacial score (nSPS) is 10.7. The molecule has 0 spiro atoms. The second-order valence-electron chi connectivity index (χ2n) is 7.15. The summed E-state index contributed by atoms with van der Waals surface area (Å²) in [7, 11) is 3.15. The lowest BCUT2D eigenvalue weighted by atomic mass is 10.1. The lowest BCUT2D eigenvalue weighted by Gasteiger charge is -2.15. The molecule has 0 aromatic heterocycles. The van der Waals surface area contributed by atoms with Crippen molar-refractivity contribution in [1.82, 2.24) is 0 Å². The summed E-state index contributed by atoms with van der Waals surface area (Å²) < 4.78 is 17.0. The highest BCUT2D eigenvalue weighted by atomic mass is 16.5. The maximum absolute atomic E-state index is 12.3. The summed E-state index contributed by atoms with van der Waals surface area (Å²) in [6.07, 6.45) is 3.19. The van der Waals surface area contributed by atoms with Crippen molar-refractivity contribution in [2.24, 2.45) is 0 Å². The number of amides is 1. The molecule has 3 aromatic carbocycles. The van der Waals surface area contributed by atoms with E-state index >= 15 is 0 Å². The van der Waals surface area contributed by atoms with Gasteiger partial charge in [0.2, 0.25) is 11.7 Å². The zero-order chi connectivity index (χ0) is 22.2. The number of hydrogen-bond donors (Lipinski definition) is 1. The second-order valence-corrected chi connectivity index (χ2v) is 7.15. The van der Waals surface area contributed by atoms with Gasteiger partial charge in [-0.05, 0) is 66.4 Å². The molecule has 0 unspecified atom stereocenters. The first-order valence-corrected chi connectivity index (χ1v) is 9.99. The van der Waals surface area contributed by atoms with Gasteiger partial charge in [0.25, 0.3) is 0 Å². The zero-order valence-electron chi connectivity index (χ0n) is 18.3. The molecule has 0 atom stereocenters. The van der Waals surface area contributed by atoms with Gasteiger partial charge in [0.15, 0.2) is 11.5 Å². The number of nitrogens with one attached hydrogen (secondary N) is 1. The predicted octanol–water partition coefficient (Wildman–Crippen LogP) is 5.55. The van der Waals surface area contributed by atoms with Crippen molar-refractivity contribution >= 4 is 17.7 Å². The van der Waals surface area contributed by atoms with Crippen molar-refractivity contribution in [3.05, 3.63) is 89.0 Å². The molecule has 0 saturated heterocycles. The van der Waals surface area contributed by atoms with Crippen molar-refractivity contribution < 1.29 is 19.0 Å². The third kappa shape index (κ3) is 5.89. The van der Waals surface area contributed by atoms with E-state index < -0.39 is 0 Å². The lowest BCUT2D eigenvalue weighted by molar-refractivity contribution is -0.111. The number of aryl methyl sites for hydroxylation is 2. The van der Waals surface area contributed by atoms with Crippen LogP contribution in [0.4, 0.5) is 5.69 Å². The van der Waals surface area contributed by atoms with Gasteiger partial charge in [0.05, 0.1) is 14.2 Å². The highest BCUT2D eigenvalue weighted by Crippen LogP contribution is 2.39. The minimum atomic E-state index is -0.217. The van der Waals surface area contributed by atoms with E-state index in [9.17, 15) is 4.79 Å². The van der Waals surface area contributed by atoms with E-state index in [0.29, 0.717) is 23.9 Å². The van der Waals surface area contributed by atoms with Gasteiger partial charge in [-0.3, -0.25) is 4.79 Å². The Balaban J connectivity index is 1.74. The Kier molecular flexibility index (Phi) is 7.33. The van der Waals surface area contributed by atoms with Gasteiger partial charge in [-0.1, -0.05) is 36.4 Å². The van der Waals surface area contributed by atoms with Crippen LogP contribution in [0.3, 0.4) is 0 Å². The maximum atomic E-state index is 12.3. The molecule has 0 heterocycles. The number of methoxy groups -OCH3 is 2. The fourth-order valence-corrected chi connectivity index (χ4v) is 3.04. The van der Waals surface area contributed by atoms with Crippen LogP contribution in [0.15, 0.2) is 66.7 Å². The summed E-state index contributed by atoms with van der Waals surface area (Å²) in [5.41, 5.74) is 4.87. The summed E-state index contributed by atoms with van der Waals surface area (Å²) in [4.78, 5) is 12.3. The molecule has 5 nitrogen and oxygen atoms in total. The monoisotopic (exact) mass is 417 g/mol. The highest BCUT2D eigenvalue weighted by molar-refractivity contribution is 6.02. The molecule has 0 aliphatic heterocycles. The molecule has 5 heteroatoms. The standard InChI is InChI=1S/C26H27NO4/c1-18-10-12-22(14-19(18)2)27-25(28)13-11-21-15-23(29-3)26(24(16-21)30-4)31-17-20-8-6-5-7-9-20/h5-16H,17H2,1-4H3,(H,27,28)/b13-11+. The Hall–Kier alpha value is -3.73. The molecule has 1 amide bonds. The molecule has 0 aliphatic rings. The number of carbonyl (C=O) groups is 1. The van der Waals surface area contributed by atoms with Gasteiger partial charge in [-0.15, -0.1) is 0 Å². The quantitative estimate of drug-likeness (QED) is 0.488. The predicted molar refractivity (Wildman–Crippen MR) is 124 cm³/mol. The molecule has 3 aromatic rings. The SMILES string of the molecule is COc1cc(/C=C/C(=O)Nc2ccc(C)c(C)c2)cc(OC)c1OCc1ccccc1.